The van der Waals surface area contributed by atoms with Crippen molar-refractivity contribution >= 4 is 33.4 Å². The number of aliphatic hydroxyl groups is 2. The molecule has 29 heavy (non-hydrogen) atoms. The normalized spacial score (nSPS) is 19.1. The maximum atomic E-state index is 9.75. The van der Waals surface area contributed by atoms with E-state index < -0.39 is 0 Å². The van der Waals surface area contributed by atoms with Gasteiger partial charge in [0.15, 0.2) is 0 Å². The summed E-state index contributed by atoms with van der Waals surface area (Å²) in [5.74, 6) is 1.15. The van der Waals surface area contributed by atoms with Gasteiger partial charge in [-0.25, -0.2) is 9.97 Å². The molecule has 2 aromatic heterocycles. The van der Waals surface area contributed by atoms with E-state index in [0.717, 1.165) is 40.3 Å². The third-order valence-corrected chi connectivity index (χ3v) is 5.27. The fourth-order valence-corrected chi connectivity index (χ4v) is 3.78. The molecule has 0 aliphatic heterocycles. The Morgan fingerprint density at radius 1 is 1.21 bits per heavy atom. The number of anilines is 2. The number of aromatic nitrogens is 4. The van der Waals surface area contributed by atoms with Gasteiger partial charge in [-0.3, -0.25) is 5.10 Å². The van der Waals surface area contributed by atoms with E-state index in [1.54, 1.807) is 6.20 Å². The topological polar surface area (TPSA) is 116 Å². The van der Waals surface area contributed by atoms with Gasteiger partial charge in [0.1, 0.15) is 17.4 Å². The fraction of sp³-hybridized carbons (Fsp3) is 0.286. The Kier molecular flexibility index (Phi) is 4.49. The van der Waals surface area contributed by atoms with Crippen LogP contribution < -0.4 is 10.1 Å². The minimum Gasteiger partial charge on any atom is -0.488 e. The number of hydrogen-bond donors (Lipinski definition) is 4. The van der Waals surface area contributed by atoms with Crippen LogP contribution in [0.3, 0.4) is 0 Å². The van der Waals surface area contributed by atoms with Gasteiger partial charge in [0.05, 0.1) is 23.9 Å². The summed E-state index contributed by atoms with van der Waals surface area (Å²) in [6.07, 6.45) is 3.73. The third kappa shape index (κ3) is 3.48. The van der Waals surface area contributed by atoms with Gasteiger partial charge in [0.2, 0.25) is 5.95 Å². The van der Waals surface area contributed by atoms with Crippen LogP contribution in [0.4, 0.5) is 11.6 Å². The van der Waals surface area contributed by atoms with Gasteiger partial charge < -0.3 is 20.3 Å². The molecule has 2 atom stereocenters. The molecular weight excluding hydrogens is 370 g/mol. The van der Waals surface area contributed by atoms with E-state index in [1.807, 2.05) is 36.4 Å². The summed E-state index contributed by atoms with van der Waals surface area (Å²) >= 11 is 0. The second-order valence-electron chi connectivity index (χ2n) is 7.31. The molecule has 0 saturated heterocycles. The Morgan fingerprint density at radius 3 is 2.97 bits per heavy atom. The summed E-state index contributed by atoms with van der Waals surface area (Å²) < 4.78 is 6.12. The number of nitrogens with zero attached hydrogens (tertiary/aromatic N) is 3. The Balaban J connectivity index is 1.43. The monoisotopic (exact) mass is 391 g/mol. The Labute approximate surface area is 166 Å². The molecule has 4 N–H and O–H groups in total. The SMILES string of the molecule is OCc1[nH]nc2cc(Nc3ncc4cccc(OC5CCC(O)C5)c4n3)ccc12. The van der Waals surface area contributed by atoms with Crippen molar-refractivity contribution < 1.29 is 14.9 Å². The molecule has 0 radical (unpaired) electrons. The number of H-pyrrole nitrogens is 1. The first kappa shape index (κ1) is 17.8. The standard InChI is InChI=1S/C21H21N5O3/c27-11-18-16-7-4-13(8-17(16)25-26-18)23-21-22-10-12-2-1-3-19(20(12)24-21)29-15-6-5-14(28)9-15/h1-4,7-8,10,14-15,27-28H,5-6,9,11H2,(H,25,26)(H,22,23,24). The molecule has 148 valence electrons. The van der Waals surface area contributed by atoms with Crippen LogP contribution in [0.1, 0.15) is 25.0 Å². The molecule has 8 heteroatoms. The number of aliphatic hydroxyl groups excluding tert-OH is 2. The van der Waals surface area contributed by atoms with E-state index in [0.29, 0.717) is 23.8 Å². The molecule has 1 fully saturated rings. The number of ether oxygens (including phenoxy) is 1. The first-order valence-electron chi connectivity index (χ1n) is 9.65. The zero-order valence-corrected chi connectivity index (χ0v) is 15.7. The Hall–Kier alpha value is -3.23. The van der Waals surface area contributed by atoms with Crippen LogP contribution in [0.15, 0.2) is 42.6 Å². The van der Waals surface area contributed by atoms with Gasteiger partial charge in [0.25, 0.3) is 0 Å². The molecule has 1 saturated carbocycles. The van der Waals surface area contributed by atoms with E-state index in [2.05, 4.69) is 25.5 Å². The van der Waals surface area contributed by atoms with Crippen LogP contribution in [0.25, 0.3) is 21.8 Å². The maximum absolute atomic E-state index is 9.75. The van der Waals surface area contributed by atoms with Crippen molar-refractivity contribution in [2.75, 3.05) is 5.32 Å². The molecule has 1 aliphatic rings. The van der Waals surface area contributed by atoms with Gasteiger partial charge in [-0.15, -0.1) is 0 Å². The molecule has 2 aromatic carbocycles. The molecule has 2 heterocycles. The largest absolute Gasteiger partial charge is 0.488 e. The second kappa shape index (κ2) is 7.31. The molecule has 0 spiro atoms. The Bertz CT molecular complexity index is 1180. The van der Waals surface area contributed by atoms with Gasteiger partial charge in [-0.1, -0.05) is 12.1 Å². The molecular formula is C21H21N5O3. The van der Waals surface area contributed by atoms with Gasteiger partial charge in [-0.05, 0) is 37.1 Å². The molecule has 2 unspecified atom stereocenters. The smallest absolute Gasteiger partial charge is 0.227 e. The van der Waals surface area contributed by atoms with Crippen molar-refractivity contribution in [2.45, 2.75) is 38.1 Å². The van der Waals surface area contributed by atoms with Gasteiger partial charge in [-0.2, -0.15) is 5.10 Å². The molecule has 8 nitrogen and oxygen atoms in total. The number of para-hydroxylation sites is 1. The number of fused-ring (bicyclic) bond motifs is 2. The van der Waals surface area contributed by atoms with Crippen LogP contribution in [0.2, 0.25) is 0 Å². The van der Waals surface area contributed by atoms with Crippen molar-refractivity contribution in [3.63, 3.8) is 0 Å². The zero-order chi connectivity index (χ0) is 19.8. The Morgan fingerprint density at radius 2 is 2.14 bits per heavy atom. The zero-order valence-electron chi connectivity index (χ0n) is 15.7. The molecule has 5 rings (SSSR count). The van der Waals surface area contributed by atoms with Crippen molar-refractivity contribution in [3.05, 3.63) is 48.3 Å². The quantitative estimate of drug-likeness (QED) is 0.413. The summed E-state index contributed by atoms with van der Waals surface area (Å²) in [6, 6.07) is 11.4. The van der Waals surface area contributed by atoms with Crippen LogP contribution in [0, 0.1) is 0 Å². The number of benzene rings is 2. The lowest BCUT2D eigenvalue weighted by Gasteiger charge is -2.15. The number of nitrogens with one attached hydrogen (secondary N) is 2. The van der Waals surface area contributed by atoms with Gasteiger partial charge in [0, 0.05) is 29.1 Å². The van der Waals surface area contributed by atoms with Crippen LogP contribution >= 0.6 is 0 Å². The minimum atomic E-state index is -0.287. The van der Waals surface area contributed by atoms with E-state index in [-0.39, 0.29) is 18.8 Å². The fourth-order valence-electron chi connectivity index (χ4n) is 3.78. The number of hydrogen-bond acceptors (Lipinski definition) is 7. The van der Waals surface area contributed by atoms with E-state index in [4.69, 9.17) is 4.74 Å². The summed E-state index contributed by atoms with van der Waals surface area (Å²) in [4.78, 5) is 9.06. The third-order valence-electron chi connectivity index (χ3n) is 5.27. The highest BCUT2D eigenvalue weighted by molar-refractivity contribution is 5.87. The van der Waals surface area contributed by atoms with Crippen LogP contribution in [-0.4, -0.2) is 42.6 Å². The van der Waals surface area contributed by atoms with Crippen LogP contribution in [-0.2, 0) is 6.61 Å². The molecule has 0 amide bonds. The highest BCUT2D eigenvalue weighted by Crippen LogP contribution is 2.30. The first-order chi connectivity index (χ1) is 14.2. The predicted octanol–water partition coefficient (Wildman–Crippen LogP) is 3.03. The molecule has 4 aromatic rings. The number of rotatable bonds is 5. The second-order valence-corrected chi connectivity index (χ2v) is 7.31. The average molecular weight is 391 g/mol. The van der Waals surface area contributed by atoms with E-state index >= 15 is 0 Å². The first-order valence-corrected chi connectivity index (χ1v) is 9.65. The van der Waals surface area contributed by atoms with Crippen LogP contribution in [0.5, 0.6) is 5.75 Å². The van der Waals surface area contributed by atoms with Crippen molar-refractivity contribution in [1.29, 1.82) is 0 Å². The maximum Gasteiger partial charge on any atom is 0.227 e. The summed E-state index contributed by atoms with van der Waals surface area (Å²) in [7, 11) is 0. The summed E-state index contributed by atoms with van der Waals surface area (Å²) in [5.41, 5.74) is 2.97. The highest BCUT2D eigenvalue weighted by atomic mass is 16.5. The van der Waals surface area contributed by atoms with Crippen molar-refractivity contribution in [2.24, 2.45) is 0 Å². The van der Waals surface area contributed by atoms with E-state index in [9.17, 15) is 10.2 Å². The van der Waals surface area contributed by atoms with Crippen molar-refractivity contribution in [1.82, 2.24) is 20.2 Å². The van der Waals surface area contributed by atoms with Gasteiger partial charge >= 0.3 is 0 Å². The minimum absolute atomic E-state index is 0.00441. The lowest BCUT2D eigenvalue weighted by atomic mass is 10.2. The summed E-state index contributed by atoms with van der Waals surface area (Å²) in [6.45, 7) is -0.0855. The summed E-state index contributed by atoms with van der Waals surface area (Å²) in [5, 5.41) is 31.1. The highest BCUT2D eigenvalue weighted by Gasteiger charge is 2.25. The number of aromatic amines is 1. The lowest BCUT2D eigenvalue weighted by Crippen LogP contribution is -2.13. The molecule has 1 aliphatic carbocycles. The van der Waals surface area contributed by atoms with Crippen molar-refractivity contribution in [3.8, 4) is 5.75 Å². The average Bonchev–Trinajstić information content (AvgIpc) is 3.33. The lowest BCUT2D eigenvalue weighted by molar-refractivity contribution is 0.150. The predicted molar refractivity (Wildman–Crippen MR) is 109 cm³/mol. The molecule has 0 bridgehead atoms. The van der Waals surface area contributed by atoms with E-state index in [1.165, 1.54) is 0 Å².